The van der Waals surface area contributed by atoms with Crippen molar-refractivity contribution >= 4 is 5.69 Å². The Labute approximate surface area is 119 Å². The zero-order chi connectivity index (χ0) is 16.7. The summed E-state index contributed by atoms with van der Waals surface area (Å²) in [5, 5.41) is 2.96. The van der Waals surface area contributed by atoms with E-state index in [9.17, 15) is 26.3 Å². The van der Waals surface area contributed by atoms with Gasteiger partial charge in [0.2, 0.25) is 0 Å². The van der Waals surface area contributed by atoms with Gasteiger partial charge >= 0.3 is 12.4 Å². The van der Waals surface area contributed by atoms with Crippen molar-refractivity contribution in [2.75, 3.05) is 5.73 Å². The average molecular weight is 325 g/mol. The molecule has 0 spiro atoms. The minimum Gasteiger partial charge on any atom is -0.396 e. The molecule has 11 heteroatoms. The third kappa shape index (κ3) is 3.28. The average Bonchev–Trinajstić information content (AvgIpc) is 2.77. The van der Waals surface area contributed by atoms with Crippen molar-refractivity contribution < 1.29 is 26.3 Å². The van der Waals surface area contributed by atoms with E-state index in [1.54, 1.807) is 0 Å². The minimum absolute atomic E-state index is 0.0514. The van der Waals surface area contributed by atoms with Crippen molar-refractivity contribution in [1.82, 2.24) is 19.7 Å². The molecule has 0 aromatic carbocycles. The Bertz CT molecular complexity index is 687. The lowest BCUT2D eigenvalue weighted by atomic mass is 10.3. The topological polar surface area (TPSA) is 69.6 Å². The lowest BCUT2D eigenvalue weighted by Crippen LogP contribution is -2.17. The van der Waals surface area contributed by atoms with Crippen molar-refractivity contribution in [2.45, 2.75) is 25.8 Å². The molecule has 22 heavy (non-hydrogen) atoms. The molecule has 0 atom stereocenters. The normalized spacial score (nSPS) is 12.7. The molecule has 0 radical (unpaired) electrons. The van der Waals surface area contributed by atoms with E-state index in [1.165, 1.54) is 13.1 Å². The minimum atomic E-state index is -4.99. The number of alkyl halides is 6. The van der Waals surface area contributed by atoms with Crippen LogP contribution in [0.15, 0.2) is 12.3 Å². The number of nitrogens with zero attached hydrogens (tertiary/aromatic N) is 4. The molecule has 0 aliphatic carbocycles. The van der Waals surface area contributed by atoms with Gasteiger partial charge in [0.05, 0.1) is 17.6 Å². The largest absolute Gasteiger partial charge is 0.435 e. The molecule has 5 nitrogen and oxygen atoms in total. The standard InChI is InChI=1S/C11H9F6N5/c1-5-6(18)3-19-9(20-5)4-22-8(11(15,16)17)2-7(21-22)10(12,13)14/h2-3H,4,18H2,1H3. The predicted octanol–water partition coefficient (Wildman–Crippen LogP) is 2.65. The summed E-state index contributed by atoms with van der Waals surface area (Å²) in [6.07, 6.45) is -8.80. The van der Waals surface area contributed by atoms with Gasteiger partial charge in [0.1, 0.15) is 18.1 Å². The highest BCUT2D eigenvalue weighted by Gasteiger charge is 2.41. The van der Waals surface area contributed by atoms with Gasteiger partial charge in [-0.25, -0.2) is 9.97 Å². The molecule has 2 rings (SSSR count). The molecule has 2 aromatic rings. The van der Waals surface area contributed by atoms with E-state index in [-0.39, 0.29) is 22.3 Å². The smallest absolute Gasteiger partial charge is 0.396 e. The molecule has 0 saturated carbocycles. The molecule has 0 saturated heterocycles. The number of aromatic nitrogens is 4. The Morgan fingerprint density at radius 3 is 2.27 bits per heavy atom. The van der Waals surface area contributed by atoms with E-state index in [1.807, 2.05) is 0 Å². The lowest BCUT2D eigenvalue weighted by Gasteiger charge is -2.10. The predicted molar refractivity (Wildman–Crippen MR) is 62.5 cm³/mol. The van der Waals surface area contributed by atoms with Gasteiger partial charge < -0.3 is 5.73 Å². The van der Waals surface area contributed by atoms with Crippen LogP contribution in [0.25, 0.3) is 0 Å². The summed E-state index contributed by atoms with van der Waals surface area (Å²) in [4.78, 5) is 7.50. The van der Waals surface area contributed by atoms with Crippen LogP contribution in [0, 0.1) is 6.92 Å². The number of anilines is 1. The second-order valence-corrected chi connectivity index (χ2v) is 4.39. The molecule has 2 N–H and O–H groups in total. The molecule has 2 aromatic heterocycles. The number of rotatable bonds is 2. The highest BCUT2D eigenvalue weighted by atomic mass is 19.4. The van der Waals surface area contributed by atoms with Gasteiger partial charge in [0.25, 0.3) is 0 Å². The molecule has 2 heterocycles. The number of nitrogens with two attached hydrogens (primary N) is 1. The van der Waals surface area contributed by atoms with Crippen LogP contribution >= 0.6 is 0 Å². The lowest BCUT2D eigenvalue weighted by molar-refractivity contribution is -0.144. The maximum atomic E-state index is 12.8. The molecule has 120 valence electrons. The fourth-order valence-electron chi connectivity index (χ4n) is 1.64. The summed E-state index contributed by atoms with van der Waals surface area (Å²) in [6.45, 7) is 0.835. The first kappa shape index (κ1) is 16.0. The van der Waals surface area contributed by atoms with Gasteiger partial charge in [-0.15, -0.1) is 0 Å². The van der Waals surface area contributed by atoms with Crippen LogP contribution in [0.2, 0.25) is 0 Å². The highest BCUT2D eigenvalue weighted by Crippen LogP contribution is 2.35. The number of hydrogen-bond donors (Lipinski definition) is 1. The van der Waals surface area contributed by atoms with Gasteiger partial charge in [-0.1, -0.05) is 0 Å². The SMILES string of the molecule is Cc1nc(Cn2nc(C(F)(F)F)cc2C(F)(F)F)ncc1N. The van der Waals surface area contributed by atoms with E-state index < -0.39 is 30.3 Å². The van der Waals surface area contributed by atoms with Crippen molar-refractivity contribution in [1.29, 1.82) is 0 Å². The first-order valence-electron chi connectivity index (χ1n) is 5.78. The van der Waals surface area contributed by atoms with Gasteiger partial charge in [0.15, 0.2) is 5.69 Å². The second kappa shape index (κ2) is 5.14. The molecule has 0 aliphatic heterocycles. The van der Waals surface area contributed by atoms with Gasteiger partial charge in [-0.05, 0) is 6.92 Å². The molecular weight excluding hydrogens is 316 g/mol. The van der Waals surface area contributed by atoms with Crippen molar-refractivity contribution in [3.05, 3.63) is 35.2 Å². The maximum absolute atomic E-state index is 12.8. The van der Waals surface area contributed by atoms with Crippen LogP contribution in [0.4, 0.5) is 32.0 Å². The quantitative estimate of drug-likeness (QED) is 0.862. The Morgan fingerprint density at radius 2 is 1.77 bits per heavy atom. The van der Waals surface area contributed by atoms with Crippen molar-refractivity contribution in [3.8, 4) is 0 Å². The van der Waals surface area contributed by atoms with E-state index in [4.69, 9.17) is 5.73 Å². The molecule has 0 unspecified atom stereocenters. The van der Waals surface area contributed by atoms with E-state index >= 15 is 0 Å². The molecule has 0 fully saturated rings. The van der Waals surface area contributed by atoms with Crippen LogP contribution in [-0.4, -0.2) is 19.7 Å². The number of nitrogen functional groups attached to an aromatic ring is 1. The monoisotopic (exact) mass is 325 g/mol. The maximum Gasteiger partial charge on any atom is 0.435 e. The van der Waals surface area contributed by atoms with Crippen LogP contribution < -0.4 is 5.73 Å². The fourth-order valence-corrected chi connectivity index (χ4v) is 1.64. The molecule has 0 amide bonds. The number of hydrogen-bond acceptors (Lipinski definition) is 4. The summed E-state index contributed by atoms with van der Waals surface area (Å²) in [7, 11) is 0. The molecular formula is C11H9F6N5. The van der Waals surface area contributed by atoms with Crippen molar-refractivity contribution in [2.24, 2.45) is 0 Å². The number of aryl methyl sites for hydroxylation is 1. The third-order valence-electron chi connectivity index (χ3n) is 2.72. The van der Waals surface area contributed by atoms with E-state index in [2.05, 4.69) is 15.1 Å². The Balaban J connectivity index is 2.44. The molecule has 0 bridgehead atoms. The van der Waals surface area contributed by atoms with Gasteiger partial charge in [-0.3, -0.25) is 4.68 Å². The Kier molecular flexibility index (Phi) is 3.75. The fraction of sp³-hybridized carbons (Fsp3) is 0.364. The highest BCUT2D eigenvalue weighted by molar-refractivity contribution is 5.39. The van der Waals surface area contributed by atoms with Gasteiger partial charge in [-0.2, -0.15) is 31.4 Å². The number of halogens is 6. The van der Waals surface area contributed by atoms with Crippen LogP contribution in [0.5, 0.6) is 0 Å². The van der Waals surface area contributed by atoms with E-state index in [0.717, 1.165) is 0 Å². The summed E-state index contributed by atoms with van der Waals surface area (Å²) in [6, 6.07) is -0.0514. The zero-order valence-electron chi connectivity index (χ0n) is 11.0. The first-order chi connectivity index (χ1) is 9.98. The van der Waals surface area contributed by atoms with Gasteiger partial charge in [0, 0.05) is 6.07 Å². The second-order valence-electron chi connectivity index (χ2n) is 4.39. The van der Waals surface area contributed by atoms with Crippen molar-refractivity contribution in [3.63, 3.8) is 0 Å². The third-order valence-corrected chi connectivity index (χ3v) is 2.72. The van der Waals surface area contributed by atoms with Crippen LogP contribution in [-0.2, 0) is 18.9 Å². The van der Waals surface area contributed by atoms with Crippen LogP contribution in [0.3, 0.4) is 0 Å². The Morgan fingerprint density at radius 1 is 1.14 bits per heavy atom. The first-order valence-corrected chi connectivity index (χ1v) is 5.78. The molecule has 0 aliphatic rings. The van der Waals surface area contributed by atoms with Crippen LogP contribution in [0.1, 0.15) is 22.9 Å². The zero-order valence-corrected chi connectivity index (χ0v) is 11.0. The summed E-state index contributed by atoms with van der Waals surface area (Å²) in [5.74, 6) is -0.131. The summed E-state index contributed by atoms with van der Waals surface area (Å²) < 4.78 is 76.2. The Hall–Kier alpha value is -2.33. The van der Waals surface area contributed by atoms with E-state index in [0.29, 0.717) is 5.69 Å². The summed E-state index contributed by atoms with van der Waals surface area (Å²) >= 11 is 0. The summed E-state index contributed by atoms with van der Waals surface area (Å²) in [5.41, 5.74) is 2.83.